The van der Waals surface area contributed by atoms with Gasteiger partial charge in [-0.2, -0.15) is 0 Å². The summed E-state index contributed by atoms with van der Waals surface area (Å²) >= 11 is 0. The molecular weight excluding hydrogens is 236 g/mol. The van der Waals surface area contributed by atoms with Crippen LogP contribution in [0.5, 0.6) is 5.75 Å². The molecule has 0 saturated carbocycles. The van der Waals surface area contributed by atoms with Crippen LogP contribution in [0.1, 0.15) is 40.5 Å². The summed E-state index contributed by atoms with van der Waals surface area (Å²) in [6.07, 6.45) is 2.27. The van der Waals surface area contributed by atoms with Crippen molar-refractivity contribution in [3.05, 3.63) is 18.2 Å². The Labute approximate surface area is 117 Å². The second kappa shape index (κ2) is 7.27. The molecule has 0 fully saturated rings. The summed E-state index contributed by atoms with van der Waals surface area (Å²) in [5.74, 6) is 1.43. The van der Waals surface area contributed by atoms with Gasteiger partial charge in [0.2, 0.25) is 0 Å². The Morgan fingerprint density at radius 3 is 2.26 bits per heavy atom. The van der Waals surface area contributed by atoms with Crippen LogP contribution in [-0.2, 0) is 0 Å². The van der Waals surface area contributed by atoms with Crippen LogP contribution in [0.25, 0.3) is 0 Å². The van der Waals surface area contributed by atoms with E-state index in [0.717, 1.165) is 36.5 Å². The number of anilines is 2. The minimum atomic E-state index is 0.540. The largest absolute Gasteiger partial charge is 0.497 e. The molecule has 0 bridgehead atoms. The highest BCUT2D eigenvalue weighted by atomic mass is 16.5. The molecule has 0 aliphatic heterocycles. The summed E-state index contributed by atoms with van der Waals surface area (Å²) in [6, 6.07) is 6.51. The Balaban J connectivity index is 3.09. The van der Waals surface area contributed by atoms with E-state index in [1.165, 1.54) is 0 Å². The zero-order chi connectivity index (χ0) is 14.4. The fraction of sp³-hybridized carbons (Fsp3) is 0.625. The summed E-state index contributed by atoms with van der Waals surface area (Å²) in [5, 5.41) is 0. The second-order valence-electron chi connectivity index (χ2n) is 5.44. The van der Waals surface area contributed by atoms with Crippen molar-refractivity contribution in [2.45, 2.75) is 46.6 Å². The van der Waals surface area contributed by atoms with Crippen LogP contribution < -0.4 is 15.4 Å². The summed E-state index contributed by atoms with van der Waals surface area (Å²) in [4.78, 5) is 2.44. The third-order valence-electron chi connectivity index (χ3n) is 3.49. The number of benzene rings is 1. The summed E-state index contributed by atoms with van der Waals surface area (Å²) < 4.78 is 5.23. The molecule has 108 valence electrons. The van der Waals surface area contributed by atoms with E-state index >= 15 is 0 Å². The van der Waals surface area contributed by atoms with Gasteiger partial charge in [0, 0.05) is 18.7 Å². The monoisotopic (exact) mass is 264 g/mol. The SMILES string of the molecule is CCC(CC)N(CC(C)C)c1ccc(OC)cc1N. The molecule has 0 aromatic heterocycles. The van der Waals surface area contributed by atoms with Crippen LogP contribution in [0.4, 0.5) is 11.4 Å². The molecule has 1 aromatic rings. The zero-order valence-corrected chi connectivity index (χ0v) is 12.9. The van der Waals surface area contributed by atoms with Gasteiger partial charge in [0.15, 0.2) is 0 Å². The zero-order valence-electron chi connectivity index (χ0n) is 12.9. The maximum absolute atomic E-state index is 6.20. The average Bonchev–Trinajstić information content (AvgIpc) is 2.38. The molecular formula is C16H28N2O. The number of rotatable bonds is 7. The van der Waals surface area contributed by atoms with Crippen molar-refractivity contribution in [1.82, 2.24) is 0 Å². The number of ether oxygens (including phenoxy) is 1. The van der Waals surface area contributed by atoms with Crippen molar-refractivity contribution in [2.24, 2.45) is 5.92 Å². The molecule has 3 nitrogen and oxygen atoms in total. The fourth-order valence-corrected chi connectivity index (χ4v) is 2.49. The fourth-order valence-electron chi connectivity index (χ4n) is 2.49. The highest BCUT2D eigenvalue weighted by Crippen LogP contribution is 2.31. The Bertz CT molecular complexity index is 386. The van der Waals surface area contributed by atoms with E-state index in [-0.39, 0.29) is 0 Å². The molecule has 1 aromatic carbocycles. The van der Waals surface area contributed by atoms with Crippen LogP contribution in [0.3, 0.4) is 0 Å². The quantitative estimate of drug-likeness (QED) is 0.758. The molecule has 0 aliphatic carbocycles. The highest BCUT2D eigenvalue weighted by molar-refractivity contribution is 5.70. The first kappa shape index (κ1) is 15.7. The number of nitrogen functional groups attached to an aromatic ring is 1. The molecule has 0 spiro atoms. The normalized spacial score (nSPS) is 11.1. The minimum absolute atomic E-state index is 0.540. The predicted molar refractivity (Wildman–Crippen MR) is 84.0 cm³/mol. The van der Waals surface area contributed by atoms with Gasteiger partial charge in [0.1, 0.15) is 5.75 Å². The second-order valence-corrected chi connectivity index (χ2v) is 5.44. The van der Waals surface area contributed by atoms with Crippen LogP contribution in [-0.4, -0.2) is 19.7 Å². The van der Waals surface area contributed by atoms with Crippen molar-refractivity contribution in [3.63, 3.8) is 0 Å². The maximum Gasteiger partial charge on any atom is 0.121 e. The van der Waals surface area contributed by atoms with Gasteiger partial charge in [-0.3, -0.25) is 0 Å². The van der Waals surface area contributed by atoms with Crippen LogP contribution >= 0.6 is 0 Å². The molecule has 3 heteroatoms. The van der Waals surface area contributed by atoms with Crippen LogP contribution in [0, 0.1) is 5.92 Å². The van der Waals surface area contributed by atoms with Crippen LogP contribution in [0.15, 0.2) is 18.2 Å². The Morgan fingerprint density at radius 2 is 1.84 bits per heavy atom. The molecule has 0 radical (unpaired) electrons. The summed E-state index contributed by atoms with van der Waals surface area (Å²) in [6.45, 7) is 10.00. The van der Waals surface area contributed by atoms with E-state index in [4.69, 9.17) is 10.5 Å². The smallest absolute Gasteiger partial charge is 0.121 e. The Hall–Kier alpha value is -1.38. The minimum Gasteiger partial charge on any atom is -0.497 e. The Morgan fingerprint density at radius 1 is 1.21 bits per heavy atom. The highest BCUT2D eigenvalue weighted by Gasteiger charge is 2.19. The van der Waals surface area contributed by atoms with E-state index < -0.39 is 0 Å². The van der Waals surface area contributed by atoms with Gasteiger partial charge in [0.05, 0.1) is 18.5 Å². The third-order valence-corrected chi connectivity index (χ3v) is 3.49. The number of hydrogen-bond acceptors (Lipinski definition) is 3. The summed E-state index contributed by atoms with van der Waals surface area (Å²) in [7, 11) is 1.67. The average molecular weight is 264 g/mol. The third kappa shape index (κ3) is 4.05. The first-order valence-electron chi connectivity index (χ1n) is 7.23. The first-order valence-corrected chi connectivity index (χ1v) is 7.23. The lowest BCUT2D eigenvalue weighted by Crippen LogP contribution is -2.37. The van der Waals surface area contributed by atoms with Crippen molar-refractivity contribution < 1.29 is 4.74 Å². The predicted octanol–water partition coefficient (Wildman–Crippen LogP) is 3.93. The van der Waals surface area contributed by atoms with Crippen molar-refractivity contribution in [2.75, 3.05) is 24.3 Å². The van der Waals surface area contributed by atoms with Gasteiger partial charge < -0.3 is 15.4 Å². The molecule has 19 heavy (non-hydrogen) atoms. The topological polar surface area (TPSA) is 38.5 Å². The van der Waals surface area contributed by atoms with E-state index in [1.807, 2.05) is 12.1 Å². The van der Waals surface area contributed by atoms with Gasteiger partial charge in [-0.05, 0) is 30.9 Å². The lowest BCUT2D eigenvalue weighted by molar-refractivity contribution is 0.415. The molecule has 0 unspecified atom stereocenters. The van der Waals surface area contributed by atoms with Crippen molar-refractivity contribution in [1.29, 1.82) is 0 Å². The molecule has 1 rings (SSSR count). The van der Waals surface area contributed by atoms with Crippen LogP contribution in [0.2, 0.25) is 0 Å². The van der Waals surface area contributed by atoms with Crippen molar-refractivity contribution >= 4 is 11.4 Å². The standard InChI is InChI=1S/C16H28N2O/c1-6-13(7-2)18(11-12(3)4)16-9-8-14(19-5)10-15(16)17/h8-10,12-13H,6-7,11,17H2,1-5H3. The molecule has 0 aliphatic rings. The first-order chi connectivity index (χ1) is 9.03. The van der Waals surface area contributed by atoms with E-state index in [0.29, 0.717) is 12.0 Å². The number of nitrogens with two attached hydrogens (primary N) is 1. The van der Waals surface area contributed by atoms with Gasteiger partial charge in [0.25, 0.3) is 0 Å². The van der Waals surface area contributed by atoms with Gasteiger partial charge in [-0.25, -0.2) is 0 Å². The van der Waals surface area contributed by atoms with Gasteiger partial charge >= 0.3 is 0 Å². The molecule has 0 amide bonds. The van der Waals surface area contributed by atoms with Gasteiger partial charge in [-0.15, -0.1) is 0 Å². The van der Waals surface area contributed by atoms with Gasteiger partial charge in [-0.1, -0.05) is 27.7 Å². The van der Waals surface area contributed by atoms with E-state index in [9.17, 15) is 0 Å². The van der Waals surface area contributed by atoms with E-state index in [2.05, 4.69) is 38.7 Å². The summed E-state index contributed by atoms with van der Waals surface area (Å²) in [5.41, 5.74) is 8.13. The molecule has 0 saturated heterocycles. The maximum atomic E-state index is 6.20. The number of hydrogen-bond donors (Lipinski definition) is 1. The van der Waals surface area contributed by atoms with Crippen molar-refractivity contribution in [3.8, 4) is 5.75 Å². The van der Waals surface area contributed by atoms with E-state index in [1.54, 1.807) is 7.11 Å². The lowest BCUT2D eigenvalue weighted by atomic mass is 10.1. The lowest BCUT2D eigenvalue weighted by Gasteiger charge is -2.35. The molecule has 2 N–H and O–H groups in total. The Kier molecular flexibility index (Phi) is 6.00. The molecule has 0 atom stereocenters. The number of nitrogens with zero attached hydrogens (tertiary/aromatic N) is 1. The number of methoxy groups -OCH3 is 1. The molecule has 0 heterocycles.